The number of aliphatic hydroxyl groups is 1. The average Bonchev–Trinajstić information content (AvgIpc) is 1.89. The minimum absolute atomic E-state index is 0.136. The van der Waals surface area contributed by atoms with Gasteiger partial charge in [-0.2, -0.15) is 0 Å². The molecule has 4 heteroatoms. The molecule has 4 nitrogen and oxygen atoms in total. The van der Waals surface area contributed by atoms with E-state index in [-0.39, 0.29) is 12.5 Å². The van der Waals surface area contributed by atoms with Crippen LogP contribution in [0.1, 0.15) is 6.92 Å². The highest BCUT2D eigenvalue weighted by Gasteiger charge is 1.99. The first kappa shape index (κ1) is 9.13. The van der Waals surface area contributed by atoms with Crippen molar-refractivity contribution >= 4 is 5.91 Å². The van der Waals surface area contributed by atoms with Crippen LogP contribution in [-0.4, -0.2) is 24.7 Å². The molecule has 0 rings (SSSR count). The average molecular weight is 145 g/mol. The normalized spacial score (nSPS) is 11.3. The fourth-order valence-corrected chi connectivity index (χ4v) is 0.403. The molecule has 0 aromatic rings. The second-order valence-corrected chi connectivity index (χ2v) is 1.71. The van der Waals surface area contributed by atoms with E-state index in [9.17, 15) is 4.79 Å². The van der Waals surface area contributed by atoms with Crippen molar-refractivity contribution in [3.63, 3.8) is 0 Å². The zero-order valence-electron chi connectivity index (χ0n) is 6.05. The third-order valence-electron chi connectivity index (χ3n) is 0.950. The summed E-state index contributed by atoms with van der Waals surface area (Å²) in [6.07, 6.45) is 1.40. The van der Waals surface area contributed by atoms with Gasteiger partial charge in [-0.25, -0.2) is 5.48 Å². The summed E-state index contributed by atoms with van der Waals surface area (Å²) in [7, 11) is 1.35. The van der Waals surface area contributed by atoms with Crippen molar-refractivity contribution in [1.82, 2.24) is 5.48 Å². The fraction of sp³-hybridized carbons (Fsp3) is 0.500. The van der Waals surface area contributed by atoms with Crippen LogP contribution < -0.4 is 5.48 Å². The predicted molar refractivity (Wildman–Crippen MR) is 36.0 cm³/mol. The first-order chi connectivity index (χ1) is 4.72. The summed E-state index contributed by atoms with van der Waals surface area (Å²) in [5.41, 5.74) is 2.55. The van der Waals surface area contributed by atoms with Gasteiger partial charge < -0.3 is 5.11 Å². The van der Waals surface area contributed by atoms with Crippen molar-refractivity contribution < 1.29 is 14.7 Å². The van der Waals surface area contributed by atoms with Gasteiger partial charge in [0.15, 0.2) is 0 Å². The van der Waals surface area contributed by atoms with E-state index in [0.29, 0.717) is 5.57 Å². The molecule has 0 aliphatic heterocycles. The van der Waals surface area contributed by atoms with Crippen LogP contribution in [0.2, 0.25) is 0 Å². The number of aliphatic hydroxyl groups excluding tert-OH is 1. The Bertz CT molecular complexity index is 142. The second kappa shape index (κ2) is 4.96. The van der Waals surface area contributed by atoms with Gasteiger partial charge in [-0.05, 0) is 6.92 Å². The minimum atomic E-state index is -0.337. The van der Waals surface area contributed by atoms with E-state index in [1.165, 1.54) is 13.2 Å². The van der Waals surface area contributed by atoms with Gasteiger partial charge >= 0.3 is 0 Å². The van der Waals surface area contributed by atoms with Crippen LogP contribution >= 0.6 is 0 Å². The van der Waals surface area contributed by atoms with Crippen LogP contribution in [-0.2, 0) is 9.63 Å². The van der Waals surface area contributed by atoms with Gasteiger partial charge in [-0.15, -0.1) is 0 Å². The maximum Gasteiger partial charge on any atom is 0.270 e. The van der Waals surface area contributed by atoms with Crippen LogP contribution in [0.4, 0.5) is 0 Å². The molecule has 0 aliphatic rings. The van der Waals surface area contributed by atoms with Gasteiger partial charge in [0.25, 0.3) is 5.91 Å². The molecule has 10 heavy (non-hydrogen) atoms. The lowest BCUT2D eigenvalue weighted by Gasteiger charge is -1.99. The predicted octanol–water partition coefficient (Wildman–Crippen LogP) is -0.397. The summed E-state index contributed by atoms with van der Waals surface area (Å²) in [5, 5.41) is 8.36. The van der Waals surface area contributed by atoms with Gasteiger partial charge in [0.1, 0.15) is 0 Å². The molecular formula is C6H11NO3. The Hall–Kier alpha value is -0.870. The van der Waals surface area contributed by atoms with Gasteiger partial charge in [0, 0.05) is 5.57 Å². The molecule has 0 heterocycles. The summed E-state index contributed by atoms with van der Waals surface area (Å²) in [6.45, 7) is 1.45. The maximum absolute atomic E-state index is 10.7. The summed E-state index contributed by atoms with van der Waals surface area (Å²) >= 11 is 0. The van der Waals surface area contributed by atoms with Crippen molar-refractivity contribution in [3.8, 4) is 0 Å². The number of nitrogens with one attached hydrogen (secondary N) is 1. The van der Waals surface area contributed by atoms with Crippen molar-refractivity contribution in [3.05, 3.63) is 11.6 Å². The highest BCUT2D eigenvalue weighted by atomic mass is 16.6. The SMILES string of the molecule is CONC(=O)C(C)=CCO. The molecule has 58 valence electrons. The summed E-state index contributed by atoms with van der Waals surface area (Å²) in [4.78, 5) is 15.1. The quantitative estimate of drug-likeness (QED) is 0.419. The Morgan fingerprint density at radius 3 is 2.80 bits per heavy atom. The van der Waals surface area contributed by atoms with Crippen molar-refractivity contribution in [2.75, 3.05) is 13.7 Å². The van der Waals surface area contributed by atoms with E-state index in [0.717, 1.165) is 0 Å². The van der Waals surface area contributed by atoms with E-state index < -0.39 is 0 Å². The van der Waals surface area contributed by atoms with Gasteiger partial charge in [0.05, 0.1) is 13.7 Å². The number of hydrogen-bond acceptors (Lipinski definition) is 3. The lowest BCUT2D eigenvalue weighted by atomic mass is 10.3. The molecule has 1 amide bonds. The van der Waals surface area contributed by atoms with Crippen molar-refractivity contribution in [1.29, 1.82) is 0 Å². The van der Waals surface area contributed by atoms with Crippen LogP contribution in [0.3, 0.4) is 0 Å². The molecule has 0 fully saturated rings. The van der Waals surface area contributed by atoms with E-state index in [4.69, 9.17) is 5.11 Å². The highest BCUT2D eigenvalue weighted by Crippen LogP contribution is 1.89. The minimum Gasteiger partial charge on any atom is -0.392 e. The van der Waals surface area contributed by atoms with Gasteiger partial charge in [-0.3, -0.25) is 9.63 Å². The van der Waals surface area contributed by atoms with E-state index in [1.807, 2.05) is 0 Å². The van der Waals surface area contributed by atoms with Crippen molar-refractivity contribution in [2.45, 2.75) is 6.92 Å². The highest BCUT2D eigenvalue weighted by molar-refractivity contribution is 5.91. The summed E-state index contributed by atoms with van der Waals surface area (Å²) in [6, 6.07) is 0. The van der Waals surface area contributed by atoms with Crippen LogP contribution in [0.25, 0.3) is 0 Å². The number of carbonyl (C=O) groups is 1. The maximum atomic E-state index is 10.7. The van der Waals surface area contributed by atoms with Gasteiger partial charge in [-0.1, -0.05) is 6.08 Å². The Balaban J connectivity index is 3.82. The smallest absolute Gasteiger partial charge is 0.270 e. The number of hydrogen-bond donors (Lipinski definition) is 2. The lowest BCUT2D eigenvalue weighted by molar-refractivity contribution is -0.127. The zero-order chi connectivity index (χ0) is 7.98. The third-order valence-corrected chi connectivity index (χ3v) is 0.950. The molecule has 0 bridgehead atoms. The first-order valence-corrected chi connectivity index (χ1v) is 2.83. The Labute approximate surface area is 59.4 Å². The molecule has 0 aliphatic carbocycles. The first-order valence-electron chi connectivity index (χ1n) is 2.83. The molecule has 2 N–H and O–H groups in total. The Morgan fingerprint density at radius 1 is 1.80 bits per heavy atom. The van der Waals surface area contributed by atoms with E-state index in [1.54, 1.807) is 6.92 Å². The Kier molecular flexibility index (Phi) is 4.53. The summed E-state index contributed by atoms with van der Waals surface area (Å²) < 4.78 is 0. The number of amides is 1. The molecule has 0 saturated heterocycles. The molecular weight excluding hydrogens is 134 g/mol. The molecule has 0 atom stereocenters. The molecule has 0 aromatic heterocycles. The third kappa shape index (κ3) is 3.21. The van der Waals surface area contributed by atoms with E-state index in [2.05, 4.69) is 10.3 Å². The fourth-order valence-electron chi connectivity index (χ4n) is 0.403. The molecule has 0 radical (unpaired) electrons. The standard InChI is InChI=1S/C6H11NO3/c1-5(3-4-8)6(9)7-10-2/h3,8H,4H2,1-2H3,(H,7,9). The van der Waals surface area contributed by atoms with Crippen LogP contribution in [0.15, 0.2) is 11.6 Å². The number of carbonyl (C=O) groups excluding carboxylic acids is 1. The Morgan fingerprint density at radius 2 is 2.40 bits per heavy atom. The second-order valence-electron chi connectivity index (χ2n) is 1.71. The topological polar surface area (TPSA) is 58.6 Å². The molecule has 0 saturated carbocycles. The van der Waals surface area contributed by atoms with Crippen molar-refractivity contribution in [2.24, 2.45) is 0 Å². The molecule has 0 spiro atoms. The number of rotatable bonds is 3. The summed E-state index contributed by atoms with van der Waals surface area (Å²) in [5.74, 6) is -0.337. The lowest BCUT2D eigenvalue weighted by Crippen LogP contribution is -2.22. The number of hydroxylamine groups is 1. The van der Waals surface area contributed by atoms with E-state index >= 15 is 0 Å². The van der Waals surface area contributed by atoms with Crippen LogP contribution in [0, 0.1) is 0 Å². The molecule has 0 aromatic carbocycles. The van der Waals surface area contributed by atoms with Gasteiger partial charge in [0.2, 0.25) is 0 Å². The molecule has 0 unspecified atom stereocenters. The largest absolute Gasteiger partial charge is 0.392 e. The van der Waals surface area contributed by atoms with Crippen LogP contribution in [0.5, 0.6) is 0 Å². The zero-order valence-corrected chi connectivity index (χ0v) is 6.05. The monoisotopic (exact) mass is 145 g/mol.